The van der Waals surface area contributed by atoms with Crippen LogP contribution in [0.15, 0.2) is 47.4 Å². The van der Waals surface area contributed by atoms with Crippen LogP contribution in [0.1, 0.15) is 27.7 Å². The van der Waals surface area contributed by atoms with Crippen molar-refractivity contribution < 1.29 is 9.59 Å². The Labute approximate surface area is 175 Å². The van der Waals surface area contributed by atoms with Crippen LogP contribution in [0.25, 0.3) is 0 Å². The highest BCUT2D eigenvalue weighted by Gasteiger charge is 2.30. The second kappa shape index (κ2) is 11.5. The van der Waals surface area contributed by atoms with Crippen LogP contribution in [-0.4, -0.2) is 38.0 Å². The molecule has 144 valence electrons. The average molecular weight is 429 g/mol. The van der Waals surface area contributed by atoms with Crippen LogP contribution in [0.2, 0.25) is 0 Å². The van der Waals surface area contributed by atoms with Gasteiger partial charge in [-0.05, 0) is 37.8 Å². The molecule has 2 unspecified atom stereocenters. The first kappa shape index (κ1) is 23.7. The van der Waals surface area contributed by atoms with Crippen LogP contribution >= 0.6 is 47.0 Å². The molecule has 1 rings (SSSR count). The van der Waals surface area contributed by atoms with Crippen molar-refractivity contribution in [3.05, 3.63) is 47.4 Å². The van der Waals surface area contributed by atoms with Crippen LogP contribution in [0.3, 0.4) is 0 Å². The first-order valence-electron chi connectivity index (χ1n) is 8.49. The molecule has 0 saturated carbocycles. The van der Waals surface area contributed by atoms with Gasteiger partial charge >= 0.3 is 0 Å². The van der Waals surface area contributed by atoms with Gasteiger partial charge in [0.2, 0.25) is 10.2 Å². The van der Waals surface area contributed by atoms with E-state index >= 15 is 0 Å². The minimum Gasteiger partial charge on any atom is -0.282 e. The fraction of sp³-hybridized carbons (Fsp3) is 0.500. The lowest BCUT2D eigenvalue weighted by atomic mass is 9.91. The van der Waals surface area contributed by atoms with E-state index in [-0.39, 0.29) is 15.0 Å². The monoisotopic (exact) mass is 428 g/mol. The number of carbonyl (C=O) groups excluding carboxylic acids is 2. The molecule has 0 amide bonds. The van der Waals surface area contributed by atoms with Crippen molar-refractivity contribution >= 4 is 57.3 Å². The van der Waals surface area contributed by atoms with Crippen molar-refractivity contribution in [2.45, 2.75) is 32.4 Å². The molecule has 0 radical (unpaired) electrons. The molecule has 2 nitrogen and oxygen atoms in total. The first-order valence-corrected chi connectivity index (χ1v) is 12.4. The number of thioether (sulfide) groups is 4. The van der Waals surface area contributed by atoms with Crippen LogP contribution in [0.4, 0.5) is 0 Å². The van der Waals surface area contributed by atoms with E-state index in [9.17, 15) is 9.59 Å². The lowest BCUT2D eigenvalue weighted by Crippen LogP contribution is -2.28. The van der Waals surface area contributed by atoms with Gasteiger partial charge in [-0.1, -0.05) is 61.8 Å². The van der Waals surface area contributed by atoms with E-state index < -0.39 is 0 Å². The van der Waals surface area contributed by atoms with Gasteiger partial charge in [-0.2, -0.15) is 0 Å². The predicted molar refractivity (Wildman–Crippen MR) is 124 cm³/mol. The molecule has 0 heterocycles. The van der Waals surface area contributed by atoms with Crippen molar-refractivity contribution in [3.63, 3.8) is 0 Å². The van der Waals surface area contributed by atoms with E-state index in [4.69, 9.17) is 0 Å². The molecule has 1 aliphatic rings. The third-order valence-corrected chi connectivity index (χ3v) is 9.02. The number of hydrogen-bond acceptors (Lipinski definition) is 6. The summed E-state index contributed by atoms with van der Waals surface area (Å²) < 4.78 is 0.0571. The molecule has 2 atom stereocenters. The molecule has 0 fully saturated rings. The van der Waals surface area contributed by atoms with Gasteiger partial charge in [-0.15, -0.1) is 23.5 Å². The second-order valence-corrected chi connectivity index (χ2v) is 11.3. The maximum absolute atomic E-state index is 11.6. The Balaban J connectivity index is 2.37. The van der Waals surface area contributed by atoms with Crippen molar-refractivity contribution in [2.24, 2.45) is 5.92 Å². The Hall–Kier alpha value is -0.300. The summed E-state index contributed by atoms with van der Waals surface area (Å²) >= 11 is 6.39. The number of allylic oxidation sites excluding steroid dienone is 2. The van der Waals surface area contributed by atoms with Crippen molar-refractivity contribution in [1.82, 2.24) is 0 Å². The highest BCUT2D eigenvalue weighted by atomic mass is 32.2. The fourth-order valence-electron chi connectivity index (χ4n) is 2.08. The number of hydrogen-bond donors (Lipinski definition) is 0. The van der Waals surface area contributed by atoms with Gasteiger partial charge in [-0.3, -0.25) is 9.59 Å². The summed E-state index contributed by atoms with van der Waals surface area (Å²) in [5.41, 5.74) is 1.23. The van der Waals surface area contributed by atoms with E-state index in [1.54, 1.807) is 25.6 Å². The lowest BCUT2D eigenvalue weighted by molar-refractivity contribution is -0.108. The zero-order valence-electron chi connectivity index (χ0n) is 16.0. The third kappa shape index (κ3) is 8.15. The normalized spacial score (nSPS) is 22.0. The highest BCUT2D eigenvalue weighted by Crippen LogP contribution is 2.41. The number of carbonyl (C=O) groups is 2. The summed E-state index contributed by atoms with van der Waals surface area (Å²) in [6, 6.07) is 0. The molecule has 6 heteroatoms. The minimum absolute atomic E-state index is 0.0571. The van der Waals surface area contributed by atoms with Gasteiger partial charge < -0.3 is 0 Å². The molecule has 0 N–H and O–H groups in total. The van der Waals surface area contributed by atoms with Gasteiger partial charge in [0.05, 0.1) is 0 Å². The van der Waals surface area contributed by atoms with Gasteiger partial charge in [-0.25, -0.2) is 0 Å². The van der Waals surface area contributed by atoms with Gasteiger partial charge in [0, 0.05) is 32.7 Å². The van der Waals surface area contributed by atoms with E-state index in [2.05, 4.69) is 45.2 Å². The summed E-state index contributed by atoms with van der Waals surface area (Å²) in [7, 11) is 0. The Morgan fingerprint density at radius 3 is 2.08 bits per heavy atom. The summed E-state index contributed by atoms with van der Waals surface area (Å²) in [6.45, 7) is 15.4. The summed E-state index contributed by atoms with van der Waals surface area (Å²) in [5.74, 6) is 3.88. The predicted octanol–water partition coefficient (Wildman–Crippen LogP) is 5.97. The summed E-state index contributed by atoms with van der Waals surface area (Å²) in [5, 5.41) is 0.170. The molecular weight excluding hydrogens is 400 g/mol. The smallest absolute Gasteiger partial charge is 0.214 e. The van der Waals surface area contributed by atoms with Crippen LogP contribution in [0.5, 0.6) is 0 Å². The maximum atomic E-state index is 11.6. The number of rotatable bonds is 10. The van der Waals surface area contributed by atoms with Crippen molar-refractivity contribution in [1.29, 1.82) is 0 Å². The zero-order valence-corrected chi connectivity index (χ0v) is 19.3. The van der Waals surface area contributed by atoms with Gasteiger partial charge in [0.25, 0.3) is 0 Å². The minimum atomic E-state index is 0.0571. The second-order valence-electron chi connectivity index (χ2n) is 6.40. The van der Waals surface area contributed by atoms with E-state index in [0.29, 0.717) is 17.1 Å². The third-order valence-electron chi connectivity index (χ3n) is 3.91. The van der Waals surface area contributed by atoms with Gasteiger partial charge in [0.15, 0.2) is 0 Å². The lowest BCUT2D eigenvalue weighted by Gasteiger charge is -2.33. The molecule has 0 aromatic carbocycles. The van der Waals surface area contributed by atoms with Crippen LogP contribution < -0.4 is 0 Å². The Kier molecular flexibility index (Phi) is 10.5. The van der Waals surface area contributed by atoms with Gasteiger partial charge in [0.1, 0.15) is 0 Å². The molecule has 0 aliphatic heterocycles. The zero-order chi connectivity index (χ0) is 19.7. The van der Waals surface area contributed by atoms with E-state index in [1.807, 2.05) is 11.8 Å². The van der Waals surface area contributed by atoms with Crippen molar-refractivity contribution in [2.75, 3.05) is 23.0 Å². The quantitative estimate of drug-likeness (QED) is 0.315. The highest BCUT2D eigenvalue weighted by molar-refractivity contribution is 8.15. The maximum Gasteiger partial charge on any atom is 0.214 e. The molecular formula is C20H28O2S4. The SMILES string of the molecule is C=C(C)C(=O)SCCSC1=CC(C)C(C)(SCCSC(=O)C(=C)C)C=C1. The molecule has 0 aromatic heterocycles. The molecule has 0 saturated heterocycles. The van der Waals surface area contributed by atoms with Crippen molar-refractivity contribution in [3.8, 4) is 0 Å². The van der Waals surface area contributed by atoms with Crippen LogP contribution in [-0.2, 0) is 9.59 Å². The molecule has 0 spiro atoms. The summed E-state index contributed by atoms with van der Waals surface area (Å²) in [6.07, 6.45) is 6.78. The van der Waals surface area contributed by atoms with Crippen LogP contribution in [0, 0.1) is 5.92 Å². The molecule has 26 heavy (non-hydrogen) atoms. The Morgan fingerprint density at radius 2 is 1.58 bits per heavy atom. The van der Waals surface area contributed by atoms with E-state index in [1.165, 1.54) is 28.4 Å². The largest absolute Gasteiger partial charge is 0.282 e. The molecule has 0 bridgehead atoms. The molecule has 1 aliphatic carbocycles. The Bertz CT molecular complexity index is 621. The standard InChI is InChI=1S/C20H28O2S4/c1-14(2)18(21)24-10-9-23-17-7-8-20(6,16(5)13-17)26-12-11-25-19(22)15(3)4/h7-8,13,16H,1,3,9-12H2,2,4-6H3. The average Bonchev–Trinajstić information content (AvgIpc) is 2.58. The molecule has 0 aromatic rings. The Morgan fingerprint density at radius 1 is 1.04 bits per heavy atom. The topological polar surface area (TPSA) is 34.1 Å². The fourth-order valence-corrected chi connectivity index (χ4v) is 5.91. The summed E-state index contributed by atoms with van der Waals surface area (Å²) in [4.78, 5) is 24.4. The van der Waals surface area contributed by atoms with E-state index in [0.717, 1.165) is 23.0 Å². The first-order chi connectivity index (χ1) is 12.2.